The Kier molecular flexibility index (Phi) is 3.56. The Morgan fingerprint density at radius 1 is 1.05 bits per heavy atom. The van der Waals surface area contributed by atoms with E-state index in [0.29, 0.717) is 12.0 Å². The van der Waals surface area contributed by atoms with Crippen molar-refractivity contribution in [3.8, 4) is 0 Å². The monoisotopic (exact) mass is 253 g/mol. The van der Waals surface area contributed by atoms with E-state index < -0.39 is 0 Å². The normalized spacial score (nSPS) is 27.6. The fourth-order valence-electron chi connectivity index (χ4n) is 3.47. The zero-order valence-corrected chi connectivity index (χ0v) is 11.7. The molecule has 2 aromatic rings. The van der Waals surface area contributed by atoms with E-state index >= 15 is 0 Å². The van der Waals surface area contributed by atoms with Gasteiger partial charge < -0.3 is 5.73 Å². The lowest BCUT2D eigenvalue weighted by molar-refractivity contribution is 0.282. The van der Waals surface area contributed by atoms with Gasteiger partial charge in [0.25, 0.3) is 0 Å². The first-order valence-electron chi connectivity index (χ1n) is 7.52. The van der Waals surface area contributed by atoms with Gasteiger partial charge in [-0.2, -0.15) is 0 Å². The Bertz CT molecular complexity index is 560. The minimum absolute atomic E-state index is 0.337. The fourth-order valence-corrected chi connectivity index (χ4v) is 3.47. The van der Waals surface area contributed by atoms with Crippen molar-refractivity contribution in [2.24, 2.45) is 11.7 Å². The molecular weight excluding hydrogens is 230 g/mol. The van der Waals surface area contributed by atoms with E-state index in [-0.39, 0.29) is 0 Å². The van der Waals surface area contributed by atoms with Crippen LogP contribution in [0.5, 0.6) is 0 Å². The van der Waals surface area contributed by atoms with E-state index in [2.05, 4.69) is 49.4 Å². The molecule has 0 spiro atoms. The molecule has 1 saturated carbocycles. The molecule has 2 aromatic carbocycles. The highest BCUT2D eigenvalue weighted by atomic mass is 14.7. The highest BCUT2D eigenvalue weighted by molar-refractivity contribution is 5.83. The molecule has 19 heavy (non-hydrogen) atoms. The topological polar surface area (TPSA) is 26.0 Å². The summed E-state index contributed by atoms with van der Waals surface area (Å²) in [5.74, 6) is 1.40. The molecule has 0 aliphatic heterocycles. The molecule has 0 amide bonds. The summed E-state index contributed by atoms with van der Waals surface area (Å²) in [6.45, 7) is 2.30. The lowest BCUT2D eigenvalue weighted by atomic mass is 9.74. The smallest absolute Gasteiger partial charge is 0.0108 e. The highest BCUT2D eigenvalue weighted by Gasteiger charge is 2.28. The SMILES string of the molecule is CCC1CCC(N)C(c2ccc3ccccc3c2)C1. The van der Waals surface area contributed by atoms with E-state index in [1.54, 1.807) is 0 Å². The molecule has 3 atom stereocenters. The molecular formula is C18H23N. The van der Waals surface area contributed by atoms with Crippen LogP contribution >= 0.6 is 0 Å². The van der Waals surface area contributed by atoms with Crippen molar-refractivity contribution >= 4 is 10.8 Å². The second-order valence-electron chi connectivity index (χ2n) is 5.96. The number of hydrogen-bond acceptors (Lipinski definition) is 1. The van der Waals surface area contributed by atoms with E-state index in [4.69, 9.17) is 5.73 Å². The summed E-state index contributed by atoms with van der Waals surface area (Å²) in [5.41, 5.74) is 7.81. The third-order valence-electron chi connectivity index (χ3n) is 4.79. The van der Waals surface area contributed by atoms with Gasteiger partial charge in [0.15, 0.2) is 0 Å². The maximum atomic E-state index is 6.37. The maximum Gasteiger partial charge on any atom is 0.0108 e. The van der Waals surface area contributed by atoms with Crippen LogP contribution in [0.25, 0.3) is 10.8 Å². The summed E-state index contributed by atoms with van der Waals surface area (Å²) in [6.07, 6.45) is 5.03. The molecule has 0 heterocycles. The largest absolute Gasteiger partial charge is 0.327 e. The van der Waals surface area contributed by atoms with Gasteiger partial charge in [-0.25, -0.2) is 0 Å². The van der Waals surface area contributed by atoms with E-state index in [0.717, 1.165) is 5.92 Å². The first-order chi connectivity index (χ1) is 9.28. The predicted molar refractivity (Wildman–Crippen MR) is 82.3 cm³/mol. The van der Waals surface area contributed by atoms with Crippen molar-refractivity contribution in [1.82, 2.24) is 0 Å². The van der Waals surface area contributed by atoms with Crippen molar-refractivity contribution in [3.05, 3.63) is 48.0 Å². The molecule has 0 saturated heterocycles. The predicted octanol–water partition coefficient (Wildman–Crippen LogP) is 4.46. The van der Waals surface area contributed by atoms with Gasteiger partial charge >= 0.3 is 0 Å². The number of rotatable bonds is 2. The fraction of sp³-hybridized carbons (Fsp3) is 0.444. The van der Waals surface area contributed by atoms with Crippen molar-refractivity contribution in [2.75, 3.05) is 0 Å². The van der Waals surface area contributed by atoms with Gasteiger partial charge in [0.05, 0.1) is 0 Å². The molecule has 1 nitrogen and oxygen atoms in total. The van der Waals surface area contributed by atoms with E-state index in [9.17, 15) is 0 Å². The van der Waals surface area contributed by atoms with Crippen LogP contribution in [-0.2, 0) is 0 Å². The average Bonchev–Trinajstić information content (AvgIpc) is 2.47. The van der Waals surface area contributed by atoms with Crippen LogP contribution < -0.4 is 5.73 Å². The van der Waals surface area contributed by atoms with Crippen LogP contribution in [0.15, 0.2) is 42.5 Å². The van der Waals surface area contributed by atoms with Gasteiger partial charge in [-0.1, -0.05) is 55.8 Å². The van der Waals surface area contributed by atoms with Crippen molar-refractivity contribution in [2.45, 2.75) is 44.6 Å². The zero-order chi connectivity index (χ0) is 13.2. The molecule has 0 radical (unpaired) electrons. The first kappa shape index (κ1) is 12.7. The minimum Gasteiger partial charge on any atom is -0.327 e. The summed E-state index contributed by atoms with van der Waals surface area (Å²) in [6, 6.07) is 15.8. The van der Waals surface area contributed by atoms with Gasteiger partial charge in [-0.3, -0.25) is 0 Å². The zero-order valence-electron chi connectivity index (χ0n) is 11.7. The summed E-state index contributed by atoms with van der Waals surface area (Å²) < 4.78 is 0. The number of nitrogens with two attached hydrogens (primary N) is 1. The summed E-state index contributed by atoms with van der Waals surface area (Å²) in [4.78, 5) is 0. The quantitative estimate of drug-likeness (QED) is 0.840. The molecule has 0 bridgehead atoms. The van der Waals surface area contributed by atoms with Crippen molar-refractivity contribution < 1.29 is 0 Å². The average molecular weight is 253 g/mol. The Morgan fingerprint density at radius 3 is 2.63 bits per heavy atom. The second-order valence-corrected chi connectivity index (χ2v) is 5.96. The van der Waals surface area contributed by atoms with E-state index in [1.165, 1.54) is 42.0 Å². The Hall–Kier alpha value is -1.34. The maximum absolute atomic E-state index is 6.37. The summed E-state index contributed by atoms with van der Waals surface area (Å²) in [5, 5.41) is 2.66. The van der Waals surface area contributed by atoms with Gasteiger partial charge in [-0.05, 0) is 47.4 Å². The second kappa shape index (κ2) is 5.34. The molecule has 1 aliphatic rings. The molecule has 1 fully saturated rings. The molecule has 1 heteroatoms. The molecule has 1 aliphatic carbocycles. The molecule has 100 valence electrons. The number of hydrogen-bond donors (Lipinski definition) is 1. The van der Waals surface area contributed by atoms with Gasteiger partial charge in [-0.15, -0.1) is 0 Å². The van der Waals surface area contributed by atoms with Crippen LogP contribution in [0.3, 0.4) is 0 Å². The van der Waals surface area contributed by atoms with Crippen LogP contribution in [0.4, 0.5) is 0 Å². The minimum atomic E-state index is 0.337. The Balaban J connectivity index is 1.93. The third kappa shape index (κ3) is 2.52. The van der Waals surface area contributed by atoms with Crippen molar-refractivity contribution in [1.29, 1.82) is 0 Å². The van der Waals surface area contributed by atoms with Crippen LogP contribution in [0.1, 0.15) is 44.1 Å². The number of fused-ring (bicyclic) bond motifs is 1. The van der Waals surface area contributed by atoms with E-state index in [1.807, 2.05) is 0 Å². The Labute approximate surface area is 115 Å². The molecule has 0 aromatic heterocycles. The number of benzene rings is 2. The van der Waals surface area contributed by atoms with Gasteiger partial charge in [0.1, 0.15) is 0 Å². The summed E-state index contributed by atoms with van der Waals surface area (Å²) >= 11 is 0. The first-order valence-corrected chi connectivity index (χ1v) is 7.52. The van der Waals surface area contributed by atoms with Crippen LogP contribution in [0, 0.1) is 5.92 Å². The molecule has 2 N–H and O–H groups in total. The third-order valence-corrected chi connectivity index (χ3v) is 4.79. The highest BCUT2D eigenvalue weighted by Crippen LogP contribution is 2.37. The summed E-state index contributed by atoms with van der Waals surface area (Å²) in [7, 11) is 0. The molecule has 3 rings (SSSR count). The Morgan fingerprint density at radius 2 is 1.84 bits per heavy atom. The van der Waals surface area contributed by atoms with Gasteiger partial charge in [0.2, 0.25) is 0 Å². The molecule has 3 unspecified atom stereocenters. The lowest BCUT2D eigenvalue weighted by Gasteiger charge is -2.34. The van der Waals surface area contributed by atoms with Crippen molar-refractivity contribution in [3.63, 3.8) is 0 Å². The van der Waals surface area contributed by atoms with Crippen LogP contribution in [-0.4, -0.2) is 6.04 Å². The van der Waals surface area contributed by atoms with Gasteiger partial charge in [0, 0.05) is 6.04 Å². The standard InChI is InChI=1S/C18H23N/c1-2-13-7-10-18(19)17(11-13)16-9-8-14-5-3-4-6-15(14)12-16/h3-6,8-9,12-13,17-18H,2,7,10-11,19H2,1H3. The van der Waals surface area contributed by atoms with Crippen LogP contribution in [0.2, 0.25) is 0 Å². The lowest BCUT2D eigenvalue weighted by Crippen LogP contribution is -2.34.